The van der Waals surface area contributed by atoms with Crippen molar-refractivity contribution in [3.8, 4) is 0 Å². The number of benzene rings is 1. The van der Waals surface area contributed by atoms with E-state index in [0.717, 1.165) is 24.0 Å². The molecule has 0 saturated carbocycles. The summed E-state index contributed by atoms with van der Waals surface area (Å²) in [6.07, 6.45) is 1.61. The first-order valence-electron chi connectivity index (χ1n) is 7.24. The normalized spacial score (nSPS) is 14.5. The van der Waals surface area contributed by atoms with Gasteiger partial charge in [0, 0.05) is 18.6 Å². The summed E-state index contributed by atoms with van der Waals surface area (Å²) in [7, 11) is 0. The summed E-state index contributed by atoms with van der Waals surface area (Å²) in [5.41, 5.74) is 2.08. The number of carbonyl (C=O) groups excluding carboxylic acids is 1. The van der Waals surface area contributed by atoms with E-state index < -0.39 is 5.97 Å². The number of fused-ring (bicyclic) bond motifs is 1. The number of nitrogens with zero attached hydrogens (tertiary/aromatic N) is 1. The summed E-state index contributed by atoms with van der Waals surface area (Å²) < 4.78 is 0. The molecule has 0 bridgehead atoms. The van der Waals surface area contributed by atoms with Gasteiger partial charge in [0.2, 0.25) is 0 Å². The standard InChI is InChI=1S/C16H22N2O3/c1-4-16(2,3)17-15(21)18-8-7-11-5-6-12(14(19)20)9-13(11)10-18/h5-6,9H,4,7-8,10H2,1-3H3,(H,17,21)(H,19,20). The van der Waals surface area contributed by atoms with E-state index in [1.54, 1.807) is 17.0 Å². The molecule has 0 unspecified atom stereocenters. The second kappa shape index (κ2) is 5.76. The third kappa shape index (κ3) is 3.54. The van der Waals surface area contributed by atoms with Gasteiger partial charge in [-0.25, -0.2) is 9.59 Å². The molecule has 1 aliphatic heterocycles. The second-order valence-electron chi connectivity index (χ2n) is 6.13. The Bertz CT molecular complexity index is 567. The predicted octanol–water partition coefficient (Wildman–Crippen LogP) is 2.64. The van der Waals surface area contributed by atoms with Gasteiger partial charge in [0.05, 0.1) is 5.56 Å². The lowest BCUT2D eigenvalue weighted by Crippen LogP contribution is -2.50. The maximum Gasteiger partial charge on any atom is 0.335 e. The quantitative estimate of drug-likeness (QED) is 0.899. The number of urea groups is 1. The molecule has 0 saturated heterocycles. The summed E-state index contributed by atoms with van der Waals surface area (Å²) >= 11 is 0. The van der Waals surface area contributed by atoms with Crippen molar-refractivity contribution in [2.24, 2.45) is 0 Å². The van der Waals surface area contributed by atoms with Crippen molar-refractivity contribution < 1.29 is 14.7 Å². The van der Waals surface area contributed by atoms with Crippen molar-refractivity contribution in [2.45, 2.75) is 45.7 Å². The van der Waals surface area contributed by atoms with Gasteiger partial charge in [0.15, 0.2) is 0 Å². The fraction of sp³-hybridized carbons (Fsp3) is 0.500. The minimum Gasteiger partial charge on any atom is -0.478 e. The molecule has 5 heteroatoms. The van der Waals surface area contributed by atoms with E-state index in [-0.39, 0.29) is 17.1 Å². The summed E-state index contributed by atoms with van der Waals surface area (Å²) in [5.74, 6) is -0.938. The van der Waals surface area contributed by atoms with Crippen LogP contribution in [0.25, 0.3) is 0 Å². The second-order valence-corrected chi connectivity index (χ2v) is 6.13. The Morgan fingerprint density at radius 3 is 2.67 bits per heavy atom. The highest BCUT2D eigenvalue weighted by atomic mass is 16.4. The van der Waals surface area contributed by atoms with Crippen molar-refractivity contribution >= 4 is 12.0 Å². The highest BCUT2D eigenvalue weighted by Gasteiger charge is 2.25. The van der Waals surface area contributed by atoms with Crippen LogP contribution < -0.4 is 5.32 Å². The third-order valence-electron chi connectivity index (χ3n) is 4.08. The molecule has 0 fully saturated rings. The number of carboxylic acid groups (broad SMARTS) is 1. The molecule has 1 aromatic rings. The van der Waals surface area contributed by atoms with Crippen molar-refractivity contribution in [3.05, 3.63) is 34.9 Å². The van der Waals surface area contributed by atoms with E-state index in [9.17, 15) is 9.59 Å². The Kier molecular flexibility index (Phi) is 4.21. The molecular weight excluding hydrogens is 268 g/mol. The summed E-state index contributed by atoms with van der Waals surface area (Å²) in [6, 6.07) is 5.05. The number of carboxylic acids is 1. The zero-order chi connectivity index (χ0) is 15.6. The lowest BCUT2D eigenvalue weighted by Gasteiger charge is -2.33. The maximum absolute atomic E-state index is 12.3. The first-order chi connectivity index (χ1) is 9.82. The van der Waals surface area contributed by atoms with Crippen LogP contribution in [0.3, 0.4) is 0 Å². The lowest BCUT2D eigenvalue weighted by molar-refractivity contribution is 0.0696. The maximum atomic E-state index is 12.3. The van der Waals surface area contributed by atoms with E-state index >= 15 is 0 Å². The van der Waals surface area contributed by atoms with E-state index in [1.807, 2.05) is 26.8 Å². The van der Waals surface area contributed by atoms with Gasteiger partial charge in [0.1, 0.15) is 0 Å². The van der Waals surface area contributed by atoms with E-state index in [2.05, 4.69) is 5.32 Å². The number of nitrogens with one attached hydrogen (secondary N) is 1. The van der Waals surface area contributed by atoms with Crippen LogP contribution in [0.4, 0.5) is 4.79 Å². The van der Waals surface area contributed by atoms with Gasteiger partial charge in [0.25, 0.3) is 0 Å². The lowest BCUT2D eigenvalue weighted by atomic mass is 9.97. The average Bonchev–Trinajstić information content (AvgIpc) is 2.45. The van der Waals surface area contributed by atoms with Gasteiger partial charge in [-0.2, -0.15) is 0 Å². The number of aromatic carboxylic acids is 1. The van der Waals surface area contributed by atoms with E-state index in [0.29, 0.717) is 13.1 Å². The van der Waals surface area contributed by atoms with Crippen LogP contribution in [0.5, 0.6) is 0 Å². The summed E-state index contributed by atoms with van der Waals surface area (Å²) in [4.78, 5) is 25.1. The Balaban J connectivity index is 2.13. The van der Waals surface area contributed by atoms with Crippen LogP contribution in [0.15, 0.2) is 18.2 Å². The number of hydrogen-bond acceptors (Lipinski definition) is 2. The zero-order valence-electron chi connectivity index (χ0n) is 12.8. The van der Waals surface area contributed by atoms with Crippen molar-refractivity contribution in [3.63, 3.8) is 0 Å². The molecule has 0 atom stereocenters. The van der Waals surface area contributed by atoms with Crippen LogP contribution in [0, 0.1) is 0 Å². The Morgan fingerprint density at radius 2 is 2.05 bits per heavy atom. The van der Waals surface area contributed by atoms with Crippen LogP contribution in [0.1, 0.15) is 48.7 Å². The minimum absolute atomic E-state index is 0.0896. The Hall–Kier alpha value is -2.04. The highest BCUT2D eigenvalue weighted by Crippen LogP contribution is 2.21. The first-order valence-corrected chi connectivity index (χ1v) is 7.24. The van der Waals surface area contributed by atoms with Gasteiger partial charge in [-0.05, 0) is 49.9 Å². The fourth-order valence-corrected chi connectivity index (χ4v) is 2.32. The number of rotatable bonds is 3. The highest BCUT2D eigenvalue weighted by molar-refractivity contribution is 5.88. The molecule has 1 heterocycles. The molecule has 21 heavy (non-hydrogen) atoms. The number of amides is 2. The topological polar surface area (TPSA) is 69.6 Å². The van der Waals surface area contributed by atoms with E-state index in [4.69, 9.17) is 5.11 Å². The minimum atomic E-state index is -0.938. The Labute approximate surface area is 125 Å². The van der Waals surface area contributed by atoms with Gasteiger partial charge in [-0.1, -0.05) is 13.0 Å². The zero-order valence-corrected chi connectivity index (χ0v) is 12.8. The number of hydrogen-bond donors (Lipinski definition) is 2. The molecule has 0 spiro atoms. The summed E-state index contributed by atoms with van der Waals surface area (Å²) in [6.45, 7) is 7.13. The molecule has 2 N–H and O–H groups in total. The Morgan fingerprint density at radius 1 is 1.33 bits per heavy atom. The molecule has 1 aliphatic rings. The first kappa shape index (κ1) is 15.4. The number of carbonyl (C=O) groups is 2. The van der Waals surface area contributed by atoms with Crippen LogP contribution >= 0.6 is 0 Å². The molecule has 5 nitrogen and oxygen atoms in total. The van der Waals surface area contributed by atoms with Gasteiger partial charge in [-0.3, -0.25) is 0 Å². The monoisotopic (exact) mass is 290 g/mol. The molecule has 0 aromatic heterocycles. The van der Waals surface area contributed by atoms with E-state index in [1.165, 1.54) is 0 Å². The van der Waals surface area contributed by atoms with Crippen LogP contribution in [0.2, 0.25) is 0 Å². The molecule has 2 rings (SSSR count). The molecule has 2 amide bonds. The SMILES string of the molecule is CCC(C)(C)NC(=O)N1CCc2ccc(C(=O)O)cc2C1. The smallest absolute Gasteiger partial charge is 0.335 e. The molecule has 0 radical (unpaired) electrons. The fourth-order valence-electron chi connectivity index (χ4n) is 2.32. The molecular formula is C16H22N2O3. The molecule has 114 valence electrons. The van der Waals surface area contributed by atoms with Gasteiger partial charge >= 0.3 is 12.0 Å². The van der Waals surface area contributed by atoms with Gasteiger partial charge in [-0.15, -0.1) is 0 Å². The third-order valence-corrected chi connectivity index (χ3v) is 4.08. The summed E-state index contributed by atoms with van der Waals surface area (Å²) in [5, 5.41) is 12.1. The molecule has 1 aromatic carbocycles. The van der Waals surface area contributed by atoms with Crippen molar-refractivity contribution in [1.29, 1.82) is 0 Å². The van der Waals surface area contributed by atoms with Crippen LogP contribution in [-0.2, 0) is 13.0 Å². The largest absolute Gasteiger partial charge is 0.478 e. The average molecular weight is 290 g/mol. The molecule has 0 aliphatic carbocycles. The van der Waals surface area contributed by atoms with Crippen LogP contribution in [-0.4, -0.2) is 34.1 Å². The predicted molar refractivity (Wildman–Crippen MR) is 80.4 cm³/mol. The van der Waals surface area contributed by atoms with Gasteiger partial charge < -0.3 is 15.3 Å². The van der Waals surface area contributed by atoms with Crippen molar-refractivity contribution in [2.75, 3.05) is 6.54 Å². The van der Waals surface area contributed by atoms with Crippen molar-refractivity contribution in [1.82, 2.24) is 10.2 Å².